The van der Waals surface area contributed by atoms with Gasteiger partial charge in [0.2, 0.25) is 11.7 Å². The molecule has 38 heavy (non-hydrogen) atoms. The van der Waals surface area contributed by atoms with Gasteiger partial charge >= 0.3 is 6.18 Å². The third-order valence-electron chi connectivity index (χ3n) is 6.63. The summed E-state index contributed by atoms with van der Waals surface area (Å²) in [4.78, 5) is 37.6. The van der Waals surface area contributed by atoms with E-state index in [-0.39, 0.29) is 41.0 Å². The topological polar surface area (TPSA) is 96.5 Å². The normalized spacial score (nSPS) is 14.4. The number of phenolic OH excluding ortho intramolecular Hbond substituents is 1. The minimum atomic E-state index is -4.99. The molecule has 0 aliphatic carbocycles. The molecular formula is C26H25F3N6O3. The van der Waals surface area contributed by atoms with E-state index in [9.17, 15) is 27.9 Å². The predicted octanol–water partition coefficient (Wildman–Crippen LogP) is 3.13. The molecular weight excluding hydrogens is 501 g/mol. The molecule has 0 atom stereocenters. The first kappa shape index (κ1) is 25.5. The minimum Gasteiger partial charge on any atom is -0.508 e. The summed E-state index contributed by atoms with van der Waals surface area (Å²) in [6.45, 7) is 4.83. The van der Waals surface area contributed by atoms with Crippen LogP contribution in [0.2, 0.25) is 0 Å². The second-order valence-electron chi connectivity index (χ2n) is 9.50. The maximum absolute atomic E-state index is 14.3. The number of carbonyl (C=O) groups excluding carboxylic acids is 1. The zero-order chi connectivity index (χ0) is 27.4. The third-order valence-corrected chi connectivity index (χ3v) is 6.63. The van der Waals surface area contributed by atoms with E-state index in [1.54, 1.807) is 33.7 Å². The van der Waals surface area contributed by atoms with Crippen molar-refractivity contribution in [1.29, 1.82) is 0 Å². The molecule has 4 aromatic rings. The van der Waals surface area contributed by atoms with Crippen molar-refractivity contribution >= 4 is 27.8 Å². The quantitative estimate of drug-likeness (QED) is 0.388. The van der Waals surface area contributed by atoms with Crippen LogP contribution in [0.1, 0.15) is 17.6 Å². The molecule has 3 heterocycles. The predicted molar refractivity (Wildman–Crippen MR) is 135 cm³/mol. The Morgan fingerprint density at radius 2 is 1.92 bits per heavy atom. The molecule has 198 valence electrons. The van der Waals surface area contributed by atoms with Crippen molar-refractivity contribution < 1.29 is 23.1 Å². The Kier molecular flexibility index (Phi) is 6.22. The maximum atomic E-state index is 14.3. The van der Waals surface area contributed by atoms with Crippen LogP contribution in [0.3, 0.4) is 0 Å². The molecule has 1 fully saturated rings. The summed E-state index contributed by atoms with van der Waals surface area (Å²) >= 11 is 0. The Balaban J connectivity index is 1.79. The SMILES string of the molecule is C=CC(=O)N1CC(c2nc3nc(C(F)(F)F)n(-c4cc(O)cc5ccccc45)c(=O)c3n2CCN(C)C)C1. The number of alkyl halides is 3. The number of rotatable bonds is 6. The number of hydrogen-bond donors (Lipinski definition) is 1. The molecule has 0 bridgehead atoms. The summed E-state index contributed by atoms with van der Waals surface area (Å²) < 4.78 is 45.1. The smallest absolute Gasteiger partial charge is 0.450 e. The van der Waals surface area contributed by atoms with E-state index >= 15 is 0 Å². The number of likely N-dealkylation sites (N-methyl/N-ethyl adjacent to an activating group) is 1. The number of nitrogens with zero attached hydrogens (tertiary/aromatic N) is 6. The lowest BCUT2D eigenvalue weighted by atomic mass is 9.99. The molecule has 2 aromatic carbocycles. The van der Waals surface area contributed by atoms with E-state index in [4.69, 9.17) is 0 Å². The second kappa shape index (κ2) is 9.28. The first-order valence-corrected chi connectivity index (χ1v) is 11.9. The minimum absolute atomic E-state index is 0.0734. The lowest BCUT2D eigenvalue weighted by molar-refractivity contribution is -0.146. The molecule has 0 saturated carbocycles. The Morgan fingerprint density at radius 3 is 2.58 bits per heavy atom. The van der Waals surface area contributed by atoms with Gasteiger partial charge in [-0.05, 0) is 31.6 Å². The zero-order valence-corrected chi connectivity index (χ0v) is 20.7. The highest BCUT2D eigenvalue weighted by Crippen LogP contribution is 2.35. The van der Waals surface area contributed by atoms with E-state index in [0.29, 0.717) is 40.8 Å². The molecule has 1 saturated heterocycles. The highest BCUT2D eigenvalue weighted by atomic mass is 19.4. The molecule has 1 amide bonds. The van der Waals surface area contributed by atoms with Gasteiger partial charge in [-0.3, -0.25) is 14.2 Å². The van der Waals surface area contributed by atoms with Gasteiger partial charge in [-0.1, -0.05) is 30.8 Å². The fraction of sp³-hybridized carbons (Fsp3) is 0.308. The lowest BCUT2D eigenvalue weighted by Gasteiger charge is -2.38. The fourth-order valence-corrected chi connectivity index (χ4v) is 4.76. The second-order valence-corrected chi connectivity index (χ2v) is 9.50. The van der Waals surface area contributed by atoms with Crippen molar-refractivity contribution in [3.8, 4) is 11.4 Å². The van der Waals surface area contributed by atoms with Crippen LogP contribution in [-0.4, -0.2) is 73.6 Å². The molecule has 1 N–H and O–H groups in total. The summed E-state index contributed by atoms with van der Waals surface area (Å²) in [6.07, 6.45) is -3.79. The van der Waals surface area contributed by atoms with E-state index in [1.165, 1.54) is 12.1 Å². The number of halogens is 3. The van der Waals surface area contributed by atoms with Crippen LogP contribution in [0.4, 0.5) is 13.2 Å². The Hall–Kier alpha value is -4.19. The summed E-state index contributed by atoms with van der Waals surface area (Å²) in [5.41, 5.74) is -1.48. The summed E-state index contributed by atoms with van der Waals surface area (Å²) in [7, 11) is 3.67. The van der Waals surface area contributed by atoms with Crippen LogP contribution < -0.4 is 5.56 Å². The average Bonchev–Trinajstić information content (AvgIpc) is 3.18. The molecule has 1 aliphatic heterocycles. The highest BCUT2D eigenvalue weighted by molar-refractivity contribution is 5.92. The molecule has 0 spiro atoms. The standard InChI is InChI=1S/C26H25F3N6O3/c1-4-20(37)33-13-16(14-33)23-30-22-21(34(23)10-9-32(2)3)24(38)35(25(31-22)26(27,28)29)19-12-17(36)11-15-7-5-6-8-18(15)19/h4-8,11-12,16,36H,1,9-10,13-14H2,2-3H3. The van der Waals surface area contributed by atoms with E-state index in [0.717, 1.165) is 6.07 Å². The summed E-state index contributed by atoms with van der Waals surface area (Å²) in [5.74, 6) is -1.87. The number of aromatic hydroxyl groups is 1. The Morgan fingerprint density at radius 1 is 1.21 bits per heavy atom. The molecule has 0 unspecified atom stereocenters. The zero-order valence-electron chi connectivity index (χ0n) is 20.7. The van der Waals surface area contributed by atoms with Crippen LogP contribution in [0.25, 0.3) is 27.6 Å². The van der Waals surface area contributed by atoms with Crippen LogP contribution in [0.15, 0.2) is 53.8 Å². The van der Waals surface area contributed by atoms with Crippen molar-refractivity contribution in [3.05, 3.63) is 71.1 Å². The van der Waals surface area contributed by atoms with E-state index in [1.807, 2.05) is 19.0 Å². The number of fused-ring (bicyclic) bond motifs is 2. The number of imidazole rings is 1. The van der Waals surface area contributed by atoms with Crippen LogP contribution in [-0.2, 0) is 17.5 Å². The molecule has 5 rings (SSSR count). The summed E-state index contributed by atoms with van der Waals surface area (Å²) in [6, 6.07) is 9.07. The van der Waals surface area contributed by atoms with E-state index < -0.39 is 17.6 Å². The van der Waals surface area contributed by atoms with Gasteiger partial charge in [0, 0.05) is 37.6 Å². The van der Waals surface area contributed by atoms with Gasteiger partial charge in [0.05, 0.1) is 11.6 Å². The lowest BCUT2D eigenvalue weighted by Crippen LogP contribution is -2.48. The van der Waals surface area contributed by atoms with Gasteiger partial charge in [-0.25, -0.2) is 9.97 Å². The number of phenols is 1. The van der Waals surface area contributed by atoms with Crippen molar-refractivity contribution in [2.24, 2.45) is 0 Å². The number of aromatic nitrogens is 4. The number of amides is 1. The number of hydrogen-bond acceptors (Lipinski definition) is 6. The van der Waals surface area contributed by atoms with Gasteiger partial charge < -0.3 is 19.5 Å². The molecule has 1 aliphatic rings. The molecule has 2 aromatic heterocycles. The van der Waals surface area contributed by atoms with Crippen molar-refractivity contribution in [1.82, 2.24) is 28.9 Å². The maximum Gasteiger partial charge on any atom is 0.450 e. The summed E-state index contributed by atoms with van der Waals surface area (Å²) in [5, 5.41) is 11.1. The van der Waals surface area contributed by atoms with Crippen LogP contribution in [0, 0.1) is 0 Å². The Bertz CT molecular complexity index is 1630. The van der Waals surface area contributed by atoms with Crippen molar-refractivity contribution in [2.75, 3.05) is 33.7 Å². The van der Waals surface area contributed by atoms with E-state index in [2.05, 4.69) is 16.5 Å². The fourth-order valence-electron chi connectivity index (χ4n) is 4.76. The van der Waals surface area contributed by atoms with Crippen molar-refractivity contribution in [2.45, 2.75) is 18.6 Å². The Labute approximate surface area is 215 Å². The monoisotopic (exact) mass is 526 g/mol. The molecule has 0 radical (unpaired) electrons. The first-order valence-electron chi connectivity index (χ1n) is 11.9. The molecule has 9 nitrogen and oxygen atoms in total. The highest BCUT2D eigenvalue weighted by Gasteiger charge is 2.40. The largest absolute Gasteiger partial charge is 0.508 e. The molecule has 12 heteroatoms. The van der Waals surface area contributed by atoms with Gasteiger partial charge in [0.15, 0.2) is 11.2 Å². The number of likely N-dealkylation sites (tertiary alicyclic amines) is 1. The number of benzene rings is 2. The van der Waals surface area contributed by atoms with Gasteiger partial charge in [-0.2, -0.15) is 13.2 Å². The first-order chi connectivity index (χ1) is 18.0. The van der Waals surface area contributed by atoms with Crippen molar-refractivity contribution in [3.63, 3.8) is 0 Å². The van der Waals surface area contributed by atoms with Gasteiger partial charge in [-0.15, -0.1) is 0 Å². The number of carbonyl (C=O) groups is 1. The third kappa shape index (κ3) is 4.30. The van der Waals surface area contributed by atoms with Gasteiger partial charge in [0.1, 0.15) is 11.6 Å². The van der Waals surface area contributed by atoms with Crippen LogP contribution in [0.5, 0.6) is 5.75 Å². The van der Waals surface area contributed by atoms with Gasteiger partial charge in [0.25, 0.3) is 5.56 Å². The average molecular weight is 527 g/mol. The van der Waals surface area contributed by atoms with Crippen LogP contribution >= 0.6 is 0 Å².